The van der Waals surface area contributed by atoms with Crippen molar-refractivity contribution in [2.45, 2.75) is 44.8 Å². The maximum atomic E-state index is 12.1. The van der Waals surface area contributed by atoms with Crippen LogP contribution in [0.2, 0.25) is 0 Å². The van der Waals surface area contributed by atoms with Gasteiger partial charge in [-0.2, -0.15) is 0 Å². The Balaban J connectivity index is 0.00000225. The summed E-state index contributed by atoms with van der Waals surface area (Å²) in [5, 5.41) is 6.55. The molecular formula is C17H32IN5O2. The number of rotatable bonds is 5. The zero-order chi connectivity index (χ0) is 16.8. The molecule has 3 aliphatic heterocycles. The van der Waals surface area contributed by atoms with Crippen molar-refractivity contribution in [3.05, 3.63) is 0 Å². The molecule has 0 aliphatic carbocycles. The molecule has 7 nitrogen and oxygen atoms in total. The third kappa shape index (κ3) is 5.96. The number of fused-ring (bicyclic) bond motifs is 1. The van der Waals surface area contributed by atoms with Gasteiger partial charge in [-0.05, 0) is 39.2 Å². The molecule has 0 spiro atoms. The highest BCUT2D eigenvalue weighted by Gasteiger charge is 2.32. The monoisotopic (exact) mass is 465 g/mol. The quantitative estimate of drug-likeness (QED) is 0.355. The van der Waals surface area contributed by atoms with Gasteiger partial charge in [0.2, 0.25) is 5.91 Å². The fourth-order valence-corrected chi connectivity index (χ4v) is 3.77. The molecule has 25 heavy (non-hydrogen) atoms. The van der Waals surface area contributed by atoms with Crippen molar-refractivity contribution in [3.8, 4) is 0 Å². The molecule has 0 aromatic carbocycles. The van der Waals surface area contributed by atoms with Gasteiger partial charge in [0.05, 0.1) is 12.7 Å². The third-order valence-corrected chi connectivity index (χ3v) is 5.13. The number of carbonyl (C=O) groups is 1. The predicted molar refractivity (Wildman–Crippen MR) is 110 cm³/mol. The fraction of sp³-hybridized carbons (Fsp3) is 0.882. The van der Waals surface area contributed by atoms with Crippen molar-refractivity contribution >= 4 is 35.8 Å². The van der Waals surface area contributed by atoms with Crippen LogP contribution in [-0.4, -0.2) is 86.2 Å². The number of nitrogens with zero attached hydrogens (tertiary/aromatic N) is 3. The molecule has 0 aromatic rings. The van der Waals surface area contributed by atoms with Gasteiger partial charge in [-0.1, -0.05) is 0 Å². The van der Waals surface area contributed by atoms with Crippen LogP contribution >= 0.6 is 24.0 Å². The Morgan fingerprint density at radius 2 is 2.00 bits per heavy atom. The summed E-state index contributed by atoms with van der Waals surface area (Å²) in [6.45, 7) is 8.55. The molecular weight excluding hydrogens is 433 g/mol. The number of aliphatic imine (C=N–C) groups is 1. The number of ether oxygens (including phenoxy) is 1. The summed E-state index contributed by atoms with van der Waals surface area (Å²) in [5.41, 5.74) is 0. The standard InChI is InChI=1S/C17H31N5O2.HI/c1-2-18-17(20-11-16(23)21-7-3-4-8-21)19-10-15-12-22-9-5-6-14(22)13-24-15;/h14-15H,2-13H2,1H3,(H2,18,19,20);1H. The minimum absolute atomic E-state index is 0. The maximum Gasteiger partial charge on any atom is 0.244 e. The molecule has 1 amide bonds. The van der Waals surface area contributed by atoms with E-state index in [0.29, 0.717) is 12.0 Å². The Bertz CT molecular complexity index is 456. The molecule has 3 heterocycles. The molecule has 3 fully saturated rings. The Morgan fingerprint density at radius 1 is 1.20 bits per heavy atom. The lowest BCUT2D eigenvalue weighted by Gasteiger charge is -2.35. The minimum Gasteiger partial charge on any atom is -0.373 e. The molecule has 0 bridgehead atoms. The molecule has 0 aromatic heterocycles. The fourth-order valence-electron chi connectivity index (χ4n) is 3.77. The van der Waals surface area contributed by atoms with Crippen LogP contribution in [0, 0.1) is 0 Å². The van der Waals surface area contributed by atoms with Gasteiger partial charge in [-0.25, -0.2) is 4.99 Å². The molecule has 144 valence electrons. The van der Waals surface area contributed by atoms with Crippen LogP contribution in [-0.2, 0) is 9.53 Å². The van der Waals surface area contributed by atoms with Crippen LogP contribution in [0.4, 0.5) is 0 Å². The summed E-state index contributed by atoms with van der Waals surface area (Å²) in [4.78, 5) is 21.0. The second kappa shape index (κ2) is 10.5. The lowest BCUT2D eigenvalue weighted by molar-refractivity contribution is -0.128. The van der Waals surface area contributed by atoms with Crippen molar-refractivity contribution in [1.82, 2.24) is 20.4 Å². The summed E-state index contributed by atoms with van der Waals surface area (Å²) in [6, 6.07) is 0.626. The van der Waals surface area contributed by atoms with Crippen LogP contribution in [0.3, 0.4) is 0 Å². The van der Waals surface area contributed by atoms with Gasteiger partial charge in [-0.3, -0.25) is 9.69 Å². The first kappa shape index (κ1) is 20.7. The van der Waals surface area contributed by atoms with Gasteiger partial charge < -0.3 is 20.3 Å². The Kier molecular flexibility index (Phi) is 8.71. The van der Waals surface area contributed by atoms with Gasteiger partial charge >= 0.3 is 0 Å². The number of halogens is 1. The van der Waals surface area contributed by atoms with Crippen molar-refractivity contribution in [2.24, 2.45) is 4.99 Å². The predicted octanol–water partition coefficient (Wildman–Crippen LogP) is 0.645. The second-order valence-electron chi connectivity index (χ2n) is 6.91. The van der Waals surface area contributed by atoms with E-state index >= 15 is 0 Å². The normalized spacial score (nSPS) is 26.9. The van der Waals surface area contributed by atoms with E-state index in [0.717, 1.165) is 52.2 Å². The summed E-state index contributed by atoms with van der Waals surface area (Å²) >= 11 is 0. The molecule has 2 N–H and O–H groups in total. The average Bonchev–Trinajstić information content (AvgIpc) is 3.27. The first-order valence-electron chi connectivity index (χ1n) is 9.42. The number of hydrogen-bond acceptors (Lipinski definition) is 4. The third-order valence-electron chi connectivity index (χ3n) is 5.13. The van der Waals surface area contributed by atoms with E-state index in [9.17, 15) is 4.79 Å². The van der Waals surface area contributed by atoms with E-state index in [1.807, 2.05) is 11.8 Å². The van der Waals surface area contributed by atoms with Crippen molar-refractivity contribution in [3.63, 3.8) is 0 Å². The average molecular weight is 465 g/mol. The molecule has 8 heteroatoms. The van der Waals surface area contributed by atoms with E-state index in [2.05, 4.69) is 20.5 Å². The summed E-state index contributed by atoms with van der Waals surface area (Å²) in [6.07, 6.45) is 4.98. The lowest BCUT2D eigenvalue weighted by atomic mass is 10.2. The maximum absolute atomic E-state index is 12.1. The zero-order valence-corrected chi connectivity index (χ0v) is 17.5. The van der Waals surface area contributed by atoms with Gasteiger partial charge in [-0.15, -0.1) is 24.0 Å². The highest BCUT2D eigenvalue weighted by molar-refractivity contribution is 14.0. The number of amides is 1. The largest absolute Gasteiger partial charge is 0.373 e. The van der Waals surface area contributed by atoms with Crippen LogP contribution in [0.1, 0.15) is 32.6 Å². The second-order valence-corrected chi connectivity index (χ2v) is 6.91. The molecule has 3 saturated heterocycles. The van der Waals surface area contributed by atoms with Gasteiger partial charge in [0.1, 0.15) is 6.54 Å². The van der Waals surface area contributed by atoms with Crippen LogP contribution in [0.25, 0.3) is 0 Å². The number of hydrogen-bond donors (Lipinski definition) is 2. The van der Waals surface area contributed by atoms with Crippen LogP contribution in [0.15, 0.2) is 4.99 Å². The summed E-state index contributed by atoms with van der Waals surface area (Å²) in [7, 11) is 0. The number of morpholine rings is 1. The molecule has 3 rings (SSSR count). The first-order valence-corrected chi connectivity index (χ1v) is 9.42. The number of likely N-dealkylation sites (tertiary alicyclic amines) is 1. The highest BCUT2D eigenvalue weighted by Crippen LogP contribution is 2.22. The topological polar surface area (TPSA) is 69.2 Å². The molecule has 2 unspecified atom stereocenters. The van der Waals surface area contributed by atoms with Crippen LogP contribution < -0.4 is 10.6 Å². The van der Waals surface area contributed by atoms with E-state index in [1.165, 1.54) is 19.4 Å². The summed E-state index contributed by atoms with van der Waals surface area (Å²) in [5.74, 6) is 0.829. The number of carbonyl (C=O) groups excluding carboxylic acids is 1. The Morgan fingerprint density at radius 3 is 2.76 bits per heavy atom. The van der Waals surface area contributed by atoms with Crippen LogP contribution in [0.5, 0.6) is 0 Å². The molecule has 3 aliphatic rings. The smallest absolute Gasteiger partial charge is 0.244 e. The SMILES string of the molecule is CCNC(=NCC(=O)N1CCCC1)NCC1CN2CCCC2CO1.I. The van der Waals surface area contributed by atoms with Gasteiger partial charge in [0.15, 0.2) is 5.96 Å². The molecule has 0 radical (unpaired) electrons. The van der Waals surface area contributed by atoms with E-state index in [-0.39, 0.29) is 42.5 Å². The van der Waals surface area contributed by atoms with Gasteiger partial charge in [0.25, 0.3) is 0 Å². The minimum atomic E-state index is 0. The zero-order valence-electron chi connectivity index (χ0n) is 15.2. The van der Waals surface area contributed by atoms with Crippen molar-refractivity contribution < 1.29 is 9.53 Å². The molecule has 2 atom stereocenters. The highest BCUT2D eigenvalue weighted by atomic mass is 127. The van der Waals surface area contributed by atoms with Crippen molar-refractivity contribution in [1.29, 1.82) is 0 Å². The number of guanidine groups is 1. The summed E-state index contributed by atoms with van der Waals surface area (Å²) < 4.78 is 5.97. The lowest BCUT2D eigenvalue weighted by Crippen LogP contribution is -2.51. The van der Waals surface area contributed by atoms with Crippen molar-refractivity contribution in [2.75, 3.05) is 52.4 Å². The first-order chi connectivity index (χ1) is 11.8. The Hall–Kier alpha value is -0.610. The van der Waals surface area contributed by atoms with E-state index in [4.69, 9.17) is 4.74 Å². The number of nitrogens with one attached hydrogen (secondary N) is 2. The van der Waals surface area contributed by atoms with E-state index < -0.39 is 0 Å². The Labute approximate surface area is 167 Å². The van der Waals surface area contributed by atoms with E-state index in [1.54, 1.807) is 0 Å². The van der Waals surface area contributed by atoms with Gasteiger partial charge in [0, 0.05) is 38.8 Å². The molecule has 0 saturated carbocycles.